The molecule has 74 heavy (non-hydrogen) atoms. The molecule has 0 saturated heterocycles. The Morgan fingerprint density at radius 3 is 0.865 bits per heavy atom. The van der Waals surface area contributed by atoms with Gasteiger partial charge >= 0.3 is 17.9 Å². The molecule has 0 aliphatic heterocycles. The summed E-state index contributed by atoms with van der Waals surface area (Å²) in [6.07, 6.45) is 85.1. The Morgan fingerprint density at radius 2 is 0.541 bits per heavy atom. The fraction of sp³-hybridized carbons (Fsp3) is 0.662. The Labute approximate surface area is 456 Å². The summed E-state index contributed by atoms with van der Waals surface area (Å²) in [5, 5.41) is 0. The molecule has 0 rings (SSSR count). The van der Waals surface area contributed by atoms with Gasteiger partial charge < -0.3 is 14.2 Å². The number of carbonyl (C=O) groups excluding carboxylic acids is 3. The van der Waals surface area contributed by atoms with Crippen LogP contribution in [0.2, 0.25) is 0 Å². The van der Waals surface area contributed by atoms with E-state index in [9.17, 15) is 14.4 Å². The van der Waals surface area contributed by atoms with Gasteiger partial charge in [-0.1, -0.05) is 264 Å². The van der Waals surface area contributed by atoms with E-state index in [2.05, 4.69) is 142 Å². The molecular formula is C68H112O6. The van der Waals surface area contributed by atoms with Crippen molar-refractivity contribution in [1.82, 2.24) is 0 Å². The van der Waals surface area contributed by atoms with E-state index in [0.29, 0.717) is 19.3 Å². The van der Waals surface area contributed by atoms with Gasteiger partial charge in [-0.2, -0.15) is 0 Å². The lowest BCUT2D eigenvalue weighted by molar-refractivity contribution is -0.167. The number of ether oxygens (including phenoxy) is 3. The molecule has 0 heterocycles. The zero-order valence-electron chi connectivity index (χ0n) is 48.1. The van der Waals surface area contributed by atoms with E-state index in [-0.39, 0.29) is 31.1 Å². The topological polar surface area (TPSA) is 78.9 Å². The van der Waals surface area contributed by atoms with Crippen molar-refractivity contribution < 1.29 is 28.6 Å². The van der Waals surface area contributed by atoms with Gasteiger partial charge in [-0.3, -0.25) is 14.4 Å². The number of rotatable bonds is 54. The second kappa shape index (κ2) is 61.4. The highest BCUT2D eigenvalue weighted by molar-refractivity contribution is 5.71. The largest absolute Gasteiger partial charge is 0.462 e. The summed E-state index contributed by atoms with van der Waals surface area (Å²) >= 11 is 0. The monoisotopic (exact) mass is 1020 g/mol. The Kier molecular flexibility index (Phi) is 57.9. The summed E-state index contributed by atoms with van der Waals surface area (Å²) in [6, 6.07) is 0. The highest BCUT2D eigenvalue weighted by Crippen LogP contribution is 2.15. The normalized spacial score (nSPS) is 13.0. The molecule has 6 heteroatoms. The predicted octanol–water partition coefficient (Wildman–Crippen LogP) is 20.8. The second-order valence-electron chi connectivity index (χ2n) is 19.9. The fourth-order valence-electron chi connectivity index (χ4n) is 8.12. The van der Waals surface area contributed by atoms with Gasteiger partial charge in [0.2, 0.25) is 0 Å². The third-order valence-electron chi connectivity index (χ3n) is 12.7. The van der Waals surface area contributed by atoms with Crippen molar-refractivity contribution in [3.8, 4) is 0 Å². The molecular weight excluding hydrogens is 913 g/mol. The molecule has 0 aromatic rings. The Bertz CT molecular complexity index is 1550. The molecule has 6 nitrogen and oxygen atoms in total. The minimum Gasteiger partial charge on any atom is -0.462 e. The van der Waals surface area contributed by atoms with Gasteiger partial charge in [0, 0.05) is 19.3 Å². The number of esters is 3. The molecule has 0 N–H and O–H groups in total. The van der Waals surface area contributed by atoms with E-state index in [4.69, 9.17) is 14.2 Å². The number of hydrogen-bond donors (Lipinski definition) is 0. The Morgan fingerprint density at radius 1 is 0.284 bits per heavy atom. The lowest BCUT2D eigenvalue weighted by Crippen LogP contribution is -2.30. The van der Waals surface area contributed by atoms with Gasteiger partial charge in [0.25, 0.3) is 0 Å². The van der Waals surface area contributed by atoms with E-state index in [0.717, 1.165) is 135 Å². The van der Waals surface area contributed by atoms with Crippen molar-refractivity contribution in [2.45, 2.75) is 277 Å². The van der Waals surface area contributed by atoms with Crippen molar-refractivity contribution in [1.29, 1.82) is 0 Å². The van der Waals surface area contributed by atoms with Crippen molar-refractivity contribution >= 4 is 17.9 Å². The first-order chi connectivity index (χ1) is 36.5. The maximum atomic E-state index is 12.8. The molecule has 0 aromatic heterocycles. The maximum Gasteiger partial charge on any atom is 0.306 e. The molecule has 0 aliphatic rings. The standard InChI is InChI=1S/C68H112O6/c1-4-7-10-13-16-18-20-22-24-25-26-27-28-29-30-31-32-33-34-35-36-37-38-39-40-41-42-43-44-46-47-49-52-55-58-61-67(70)73-64-65(63-72-66(69)60-57-54-51-15-12-9-6-3)74-68(71)62-59-56-53-50-48-45-23-21-19-17-14-11-8-5-2/h7,10,14,16-18,21-24,26-27,29-30,32-33,35-36,38-39,65H,4-6,8-9,11-13,15,19-20,25,28,31,34,37,40-64H2,1-3H3/b10-7-,17-14-,18-16-,23-21-,24-22-,27-26-,30-29-,33-32-,36-35-,39-38-. The lowest BCUT2D eigenvalue weighted by Gasteiger charge is -2.18. The second-order valence-corrected chi connectivity index (χ2v) is 19.9. The van der Waals surface area contributed by atoms with Crippen molar-refractivity contribution in [2.75, 3.05) is 13.2 Å². The molecule has 0 spiro atoms. The highest BCUT2D eigenvalue weighted by Gasteiger charge is 2.19. The minimum atomic E-state index is -0.785. The zero-order valence-corrected chi connectivity index (χ0v) is 48.1. The number of carbonyl (C=O) groups is 3. The summed E-state index contributed by atoms with van der Waals surface area (Å²) in [6.45, 7) is 6.42. The third kappa shape index (κ3) is 58.7. The first-order valence-electron chi connectivity index (χ1n) is 30.5. The molecule has 420 valence electrons. The van der Waals surface area contributed by atoms with E-state index in [1.165, 1.54) is 96.3 Å². The number of allylic oxidation sites excluding steroid dienone is 20. The molecule has 0 amide bonds. The molecule has 0 saturated carbocycles. The van der Waals surface area contributed by atoms with Crippen LogP contribution < -0.4 is 0 Å². The van der Waals surface area contributed by atoms with Crippen LogP contribution in [0.4, 0.5) is 0 Å². The van der Waals surface area contributed by atoms with Crippen LogP contribution in [0, 0.1) is 0 Å². The van der Waals surface area contributed by atoms with Crippen molar-refractivity contribution in [3.05, 3.63) is 122 Å². The van der Waals surface area contributed by atoms with Crippen LogP contribution in [-0.4, -0.2) is 37.2 Å². The molecule has 1 unspecified atom stereocenters. The molecule has 0 fully saturated rings. The van der Waals surface area contributed by atoms with Crippen LogP contribution in [0.25, 0.3) is 0 Å². The van der Waals surface area contributed by atoms with Gasteiger partial charge in [-0.05, 0) is 109 Å². The Balaban J connectivity index is 4.09. The van der Waals surface area contributed by atoms with Gasteiger partial charge in [0.1, 0.15) is 13.2 Å². The van der Waals surface area contributed by atoms with Gasteiger partial charge in [0.05, 0.1) is 0 Å². The minimum absolute atomic E-state index is 0.0847. The molecule has 0 aromatic carbocycles. The van der Waals surface area contributed by atoms with Crippen LogP contribution in [0.5, 0.6) is 0 Å². The van der Waals surface area contributed by atoms with Crippen LogP contribution in [-0.2, 0) is 28.6 Å². The quantitative estimate of drug-likeness (QED) is 0.0261. The average molecular weight is 1030 g/mol. The summed E-state index contributed by atoms with van der Waals surface area (Å²) < 4.78 is 16.8. The van der Waals surface area contributed by atoms with E-state index >= 15 is 0 Å². The predicted molar refractivity (Wildman–Crippen MR) is 320 cm³/mol. The summed E-state index contributed by atoms with van der Waals surface area (Å²) in [4.78, 5) is 37.9. The molecule has 0 bridgehead atoms. The van der Waals surface area contributed by atoms with Gasteiger partial charge in [-0.25, -0.2) is 0 Å². The number of hydrogen-bond acceptors (Lipinski definition) is 6. The summed E-state index contributed by atoms with van der Waals surface area (Å²) in [5.41, 5.74) is 0. The highest BCUT2D eigenvalue weighted by atomic mass is 16.6. The van der Waals surface area contributed by atoms with Crippen LogP contribution in [0.1, 0.15) is 271 Å². The van der Waals surface area contributed by atoms with E-state index in [1.54, 1.807) is 0 Å². The fourth-order valence-corrected chi connectivity index (χ4v) is 8.12. The van der Waals surface area contributed by atoms with Crippen molar-refractivity contribution in [3.63, 3.8) is 0 Å². The maximum absolute atomic E-state index is 12.8. The smallest absolute Gasteiger partial charge is 0.306 e. The van der Waals surface area contributed by atoms with Crippen molar-refractivity contribution in [2.24, 2.45) is 0 Å². The SMILES string of the molecule is CC/C=C\C/C=C\C/C=C\C/C=C\C/C=C\C/C=C\C/C=C\C/C=C\CCCCCCCCCCCCC(=O)OCC(COC(=O)CCCCCCCCC)OC(=O)CCCCCCC/C=C\C/C=C\CCCC. The zero-order chi connectivity index (χ0) is 53.6. The molecule has 1 atom stereocenters. The molecule has 0 aliphatic carbocycles. The van der Waals surface area contributed by atoms with Crippen LogP contribution in [0.15, 0.2) is 122 Å². The summed E-state index contributed by atoms with van der Waals surface area (Å²) in [7, 11) is 0. The van der Waals surface area contributed by atoms with Crippen LogP contribution in [0.3, 0.4) is 0 Å². The number of unbranched alkanes of at least 4 members (excludes halogenated alkanes) is 23. The van der Waals surface area contributed by atoms with Gasteiger partial charge in [0.15, 0.2) is 6.10 Å². The van der Waals surface area contributed by atoms with E-state index in [1.807, 2.05) is 0 Å². The first-order valence-corrected chi connectivity index (χ1v) is 30.5. The lowest BCUT2D eigenvalue weighted by atomic mass is 10.1. The van der Waals surface area contributed by atoms with Crippen LogP contribution >= 0.6 is 0 Å². The Hall–Kier alpha value is -4.19. The summed E-state index contributed by atoms with van der Waals surface area (Å²) in [5.74, 6) is -0.910. The third-order valence-corrected chi connectivity index (χ3v) is 12.7. The molecule has 0 radical (unpaired) electrons. The average Bonchev–Trinajstić information content (AvgIpc) is 3.40. The van der Waals surface area contributed by atoms with Gasteiger partial charge in [-0.15, -0.1) is 0 Å². The van der Waals surface area contributed by atoms with E-state index < -0.39 is 6.10 Å². The first kappa shape index (κ1) is 69.8.